The van der Waals surface area contributed by atoms with Gasteiger partial charge in [0.15, 0.2) is 23.3 Å². The Morgan fingerprint density at radius 3 is 1.17 bits per heavy atom. The molecule has 9 heteroatoms. The van der Waals surface area contributed by atoms with Crippen LogP contribution < -0.4 is 26.2 Å². The van der Waals surface area contributed by atoms with Crippen molar-refractivity contribution in [3.05, 3.63) is 358 Å². The number of nitrogens with zero attached hydrogens (tertiary/aromatic N) is 8. The summed E-state index contributed by atoms with van der Waals surface area (Å²) >= 11 is 0. The van der Waals surface area contributed by atoms with E-state index >= 15 is 0 Å². The summed E-state index contributed by atoms with van der Waals surface area (Å²) in [6.45, 7) is 0.0389. The maximum atomic E-state index is 5.76. The molecule has 8 nitrogen and oxygen atoms in total. The van der Waals surface area contributed by atoms with Crippen LogP contribution in [-0.4, -0.2) is 36.2 Å². The molecular weight excluding hydrogens is 1220 g/mol. The average molecular weight is 1280 g/mol. The Kier molecular flexibility index (Phi) is 14.1. The first-order valence-electron chi connectivity index (χ1n) is 33.9. The van der Waals surface area contributed by atoms with Gasteiger partial charge in [0, 0.05) is 78.3 Å². The SMILES string of the molecule is c1ccc(-c2ccc3c(c2)c2cc(-c4ccccc4)ccc2n3-c2ccc(-c3nc(-c4ccccc4)nc(-c4ccccc4)n3)cc2-c2cc(-c3ccccc3)nc(-c3cccc(-c4cccc(N5c6ccccc6B6c7ccccc7N(c7ccccc7)c7cccc5c76)c4)c3)n2)cc1. The minimum absolute atomic E-state index is 0.0389. The topological polar surface area (TPSA) is 75.9 Å². The Balaban J connectivity index is 0.796. The minimum atomic E-state index is 0.0389. The quantitative estimate of drug-likeness (QED) is 0.113. The fraction of sp³-hybridized carbons (Fsp3) is 0. The molecule has 19 rings (SSSR count). The number of fused-ring (bicyclic) bond motifs is 7. The van der Waals surface area contributed by atoms with Crippen LogP contribution in [0.15, 0.2) is 358 Å². The Hall–Kier alpha value is -13.4. The maximum Gasteiger partial charge on any atom is 0.252 e. The van der Waals surface area contributed by atoms with Crippen LogP contribution in [0, 0.1) is 0 Å². The van der Waals surface area contributed by atoms with Crippen LogP contribution in [0.5, 0.6) is 0 Å². The number of hydrogen-bond donors (Lipinski definition) is 0. The van der Waals surface area contributed by atoms with Gasteiger partial charge in [0.05, 0.1) is 28.1 Å². The lowest BCUT2D eigenvalue weighted by Crippen LogP contribution is -2.61. The van der Waals surface area contributed by atoms with Gasteiger partial charge in [-0.2, -0.15) is 0 Å². The molecule has 0 radical (unpaired) electrons. The van der Waals surface area contributed by atoms with E-state index in [0.29, 0.717) is 23.3 Å². The summed E-state index contributed by atoms with van der Waals surface area (Å²) in [7, 11) is 0. The van der Waals surface area contributed by atoms with E-state index in [9.17, 15) is 0 Å². The van der Waals surface area contributed by atoms with Crippen LogP contribution in [-0.2, 0) is 0 Å². The Bertz CT molecular complexity index is 5830. The molecular formula is C91H59BN8. The summed E-state index contributed by atoms with van der Waals surface area (Å²) in [4.78, 5) is 31.9. The van der Waals surface area contributed by atoms with E-state index in [1.54, 1.807) is 0 Å². The van der Waals surface area contributed by atoms with Crippen molar-refractivity contribution in [3.8, 4) is 107 Å². The zero-order valence-corrected chi connectivity index (χ0v) is 54.2. The van der Waals surface area contributed by atoms with Crippen molar-refractivity contribution in [2.45, 2.75) is 0 Å². The third-order valence-corrected chi connectivity index (χ3v) is 19.6. The molecule has 0 saturated heterocycles. The van der Waals surface area contributed by atoms with Gasteiger partial charge in [0.2, 0.25) is 0 Å². The molecule has 2 aliphatic rings. The van der Waals surface area contributed by atoms with Gasteiger partial charge in [-0.1, -0.05) is 255 Å². The molecule has 0 aliphatic carbocycles. The first-order valence-corrected chi connectivity index (χ1v) is 33.9. The van der Waals surface area contributed by atoms with E-state index in [1.807, 2.05) is 66.7 Å². The second-order valence-electron chi connectivity index (χ2n) is 25.5. The molecule has 0 saturated carbocycles. The zero-order valence-electron chi connectivity index (χ0n) is 54.2. The number of rotatable bonds is 12. The van der Waals surface area contributed by atoms with Crippen LogP contribution in [0.3, 0.4) is 0 Å². The maximum absolute atomic E-state index is 5.76. The Labute approximate surface area is 579 Å². The highest BCUT2D eigenvalue weighted by molar-refractivity contribution is 7.00. The number of benzene rings is 14. The summed E-state index contributed by atoms with van der Waals surface area (Å²) in [5, 5.41) is 2.27. The summed E-state index contributed by atoms with van der Waals surface area (Å²) in [5.74, 6) is 2.28. The second-order valence-corrected chi connectivity index (χ2v) is 25.5. The predicted molar refractivity (Wildman–Crippen MR) is 413 cm³/mol. The van der Waals surface area contributed by atoms with Crippen LogP contribution in [0.1, 0.15) is 0 Å². The van der Waals surface area contributed by atoms with Crippen molar-refractivity contribution in [2.75, 3.05) is 9.80 Å². The lowest BCUT2D eigenvalue weighted by Gasteiger charge is -2.44. The molecule has 17 aromatic rings. The van der Waals surface area contributed by atoms with Crippen LogP contribution in [0.4, 0.5) is 34.1 Å². The largest absolute Gasteiger partial charge is 0.311 e. The van der Waals surface area contributed by atoms with Crippen LogP contribution >= 0.6 is 0 Å². The molecule has 0 N–H and O–H groups in total. The lowest BCUT2D eigenvalue weighted by atomic mass is 9.33. The van der Waals surface area contributed by atoms with Crippen LogP contribution in [0.25, 0.3) is 129 Å². The van der Waals surface area contributed by atoms with E-state index in [2.05, 4.69) is 306 Å². The number of para-hydroxylation sites is 3. The first-order chi connectivity index (χ1) is 49.6. The van der Waals surface area contributed by atoms with E-state index in [0.717, 1.165) is 128 Å². The molecule has 0 fully saturated rings. The molecule has 0 atom stereocenters. The number of anilines is 6. The smallest absolute Gasteiger partial charge is 0.252 e. The van der Waals surface area contributed by atoms with Gasteiger partial charge in [-0.25, -0.2) is 24.9 Å². The molecule has 466 valence electrons. The highest BCUT2D eigenvalue weighted by atomic mass is 15.2. The van der Waals surface area contributed by atoms with Crippen molar-refractivity contribution >= 4 is 79.0 Å². The van der Waals surface area contributed by atoms with E-state index in [-0.39, 0.29) is 6.71 Å². The molecule has 3 aromatic heterocycles. The second kappa shape index (κ2) is 24.4. The number of hydrogen-bond acceptors (Lipinski definition) is 7. The number of aromatic nitrogens is 6. The molecule has 5 heterocycles. The fourth-order valence-corrected chi connectivity index (χ4v) is 15.0. The van der Waals surface area contributed by atoms with Crippen molar-refractivity contribution in [1.29, 1.82) is 0 Å². The highest BCUT2D eigenvalue weighted by Crippen LogP contribution is 2.46. The molecule has 0 bridgehead atoms. The van der Waals surface area contributed by atoms with Gasteiger partial charge >= 0.3 is 0 Å². The van der Waals surface area contributed by atoms with Gasteiger partial charge in [-0.3, -0.25) is 0 Å². The fourth-order valence-electron chi connectivity index (χ4n) is 15.0. The Morgan fingerprint density at radius 1 is 0.220 bits per heavy atom. The standard InChI is InChI=1S/C91H59BN8/c1-7-26-60(27-8-1)67-48-51-80-73(56-67)74-57-68(61-28-9-2-10-29-61)49-52-81(74)100(80)82-53-50-70(91-96-88(63-32-13-4-14-33-63)95-89(97-91)64-34-15-5-16-35-64)58-75(82)79-59-78(62-30-11-3-12-31-62)93-90(94-79)69-38-23-36-65(54-69)66-37-24-41-72(55-66)99-84-45-22-20-43-77(84)92-76-42-19-21-44-83(76)98(71-39-17-6-18-40-71)85-46-25-47-86(99)87(85)92/h1-59H. The Morgan fingerprint density at radius 2 is 0.600 bits per heavy atom. The predicted octanol–water partition coefficient (Wildman–Crippen LogP) is 20.8. The molecule has 100 heavy (non-hydrogen) atoms. The monoisotopic (exact) mass is 1270 g/mol. The first kappa shape index (κ1) is 58.0. The van der Waals surface area contributed by atoms with Crippen molar-refractivity contribution in [1.82, 2.24) is 29.5 Å². The van der Waals surface area contributed by atoms with Crippen molar-refractivity contribution in [3.63, 3.8) is 0 Å². The summed E-state index contributed by atoms with van der Waals surface area (Å²) in [6, 6.07) is 128. The van der Waals surface area contributed by atoms with Gasteiger partial charge in [-0.15, -0.1) is 0 Å². The summed E-state index contributed by atoms with van der Waals surface area (Å²) in [5.41, 5.74) is 27.2. The van der Waals surface area contributed by atoms with Gasteiger partial charge in [0.25, 0.3) is 6.71 Å². The van der Waals surface area contributed by atoms with Gasteiger partial charge in [-0.05, 0) is 153 Å². The summed E-state index contributed by atoms with van der Waals surface area (Å²) < 4.78 is 2.41. The highest BCUT2D eigenvalue weighted by Gasteiger charge is 2.43. The van der Waals surface area contributed by atoms with Gasteiger partial charge < -0.3 is 14.4 Å². The molecule has 0 spiro atoms. The third-order valence-electron chi connectivity index (χ3n) is 19.6. The third kappa shape index (κ3) is 10.1. The lowest BCUT2D eigenvalue weighted by molar-refractivity contribution is 1.07. The van der Waals surface area contributed by atoms with Crippen LogP contribution in [0.2, 0.25) is 0 Å². The van der Waals surface area contributed by atoms with Crippen molar-refractivity contribution < 1.29 is 0 Å². The molecule has 0 unspecified atom stereocenters. The summed E-state index contributed by atoms with van der Waals surface area (Å²) in [6.07, 6.45) is 0. The normalized spacial score (nSPS) is 12.1. The van der Waals surface area contributed by atoms with Crippen molar-refractivity contribution in [2.24, 2.45) is 0 Å². The molecule has 0 amide bonds. The average Bonchev–Trinajstić information content (AvgIpc) is 1.34. The molecule has 2 aliphatic heterocycles. The van der Waals surface area contributed by atoms with E-state index < -0.39 is 0 Å². The van der Waals surface area contributed by atoms with E-state index in [1.165, 1.54) is 27.8 Å². The van der Waals surface area contributed by atoms with Gasteiger partial charge in [0.1, 0.15) is 0 Å². The van der Waals surface area contributed by atoms with E-state index in [4.69, 9.17) is 24.9 Å². The zero-order chi connectivity index (χ0) is 66.0. The minimum Gasteiger partial charge on any atom is -0.311 e. The molecule has 14 aromatic carbocycles.